The Balaban J connectivity index is 1.25. The third-order valence-corrected chi connectivity index (χ3v) is 9.66. The topological polar surface area (TPSA) is 156 Å². The molecule has 4 aliphatic rings. The highest BCUT2D eigenvalue weighted by molar-refractivity contribution is 7.74. The first-order chi connectivity index (χ1) is 21.4. The van der Waals surface area contributed by atoms with Gasteiger partial charge in [-0.05, 0) is 56.4 Å². The number of aromatic nitrogens is 2. The number of methoxy groups -OCH3 is 1. The molecule has 0 saturated carbocycles. The number of nitrogens with two attached hydrogens (primary N) is 2. The smallest absolute Gasteiger partial charge is 0.183 e. The number of piperidine rings is 1. The fourth-order valence-corrected chi connectivity index (χ4v) is 7.05. The molecule has 0 aliphatic carbocycles. The molecule has 2 aromatic rings. The van der Waals surface area contributed by atoms with Crippen molar-refractivity contribution < 1.29 is 13.7 Å². The standard InChI is InChI=1S/C32H41N8O3S/c1-22(3-5-30(35)42-2)19-40-26-13-27(40)21-39(20-26)31-6-4-24(17-36-31)29-14-28(18-37-32(29)25(15-33)16-34)43-11-8-23-7-10-38-44(41)12-9-23/h3-6,14-15,17-18,23,26-27H,7-13,19-21,33,35H2,1-2H3/q-1/b22-3+,25-15?,30-5+. The van der Waals surface area contributed by atoms with E-state index in [1.807, 2.05) is 30.5 Å². The van der Waals surface area contributed by atoms with E-state index in [0.717, 1.165) is 55.8 Å². The van der Waals surface area contributed by atoms with Crippen LogP contribution in [0.25, 0.3) is 16.7 Å². The molecule has 2 aromatic heterocycles. The molecule has 6 rings (SSSR count). The molecule has 4 aliphatic heterocycles. The highest BCUT2D eigenvalue weighted by atomic mass is 32.2. The number of pyridine rings is 2. The van der Waals surface area contributed by atoms with Gasteiger partial charge in [-0.1, -0.05) is 23.8 Å². The second-order valence-corrected chi connectivity index (χ2v) is 12.8. The lowest BCUT2D eigenvalue weighted by Gasteiger charge is -2.56. The minimum Gasteiger partial charge on any atom is -0.492 e. The van der Waals surface area contributed by atoms with Crippen molar-refractivity contribution in [2.24, 2.45) is 21.7 Å². The van der Waals surface area contributed by atoms with Crippen molar-refractivity contribution in [2.75, 3.05) is 50.5 Å². The maximum Gasteiger partial charge on any atom is 0.183 e. The van der Waals surface area contributed by atoms with E-state index in [-0.39, 0.29) is 5.57 Å². The van der Waals surface area contributed by atoms with Gasteiger partial charge in [-0.2, -0.15) is 15.9 Å². The lowest BCUT2D eigenvalue weighted by molar-refractivity contribution is 0.00814. The maximum atomic E-state index is 11.7. The molecule has 0 spiro atoms. The van der Waals surface area contributed by atoms with Crippen LogP contribution >= 0.6 is 0 Å². The average molecular weight is 618 g/mol. The number of piperazine rings is 1. The number of ether oxygens (including phenoxy) is 2. The van der Waals surface area contributed by atoms with Crippen LogP contribution in [-0.4, -0.2) is 72.6 Å². The van der Waals surface area contributed by atoms with Gasteiger partial charge < -0.3 is 34.4 Å². The van der Waals surface area contributed by atoms with Gasteiger partial charge in [0.15, 0.2) is 5.88 Å². The monoisotopic (exact) mass is 617 g/mol. The molecule has 3 fully saturated rings. The van der Waals surface area contributed by atoms with Crippen molar-refractivity contribution in [1.29, 1.82) is 5.26 Å². The van der Waals surface area contributed by atoms with E-state index in [4.69, 9.17) is 25.9 Å². The van der Waals surface area contributed by atoms with Crippen LogP contribution in [0.2, 0.25) is 0 Å². The van der Waals surface area contributed by atoms with Crippen LogP contribution in [0.4, 0.5) is 5.82 Å². The van der Waals surface area contributed by atoms with Gasteiger partial charge in [-0.3, -0.25) is 9.88 Å². The average Bonchev–Trinajstić information content (AvgIpc) is 3.27. The lowest BCUT2D eigenvalue weighted by Crippen LogP contribution is -2.69. The van der Waals surface area contributed by atoms with Gasteiger partial charge in [-0.15, -0.1) is 0 Å². The molecule has 2 bridgehead atoms. The number of rotatable bonds is 11. The number of nitrogens with zero attached hydrogens (tertiary/aromatic N) is 6. The summed E-state index contributed by atoms with van der Waals surface area (Å²) >= 11 is 0. The van der Waals surface area contributed by atoms with Gasteiger partial charge in [0.2, 0.25) is 0 Å². The second-order valence-electron chi connectivity index (χ2n) is 11.5. The Morgan fingerprint density at radius 1 is 1.20 bits per heavy atom. The number of anilines is 1. The van der Waals surface area contributed by atoms with Crippen molar-refractivity contribution in [3.8, 4) is 22.9 Å². The Morgan fingerprint density at radius 3 is 2.73 bits per heavy atom. The molecular formula is C32H41N8O3S-. The van der Waals surface area contributed by atoms with Gasteiger partial charge in [-0.25, -0.2) is 4.98 Å². The summed E-state index contributed by atoms with van der Waals surface area (Å²) in [6.45, 7) is 6.02. The third-order valence-electron chi connectivity index (χ3n) is 8.60. The highest BCUT2D eigenvalue weighted by Gasteiger charge is 2.44. The Labute approximate surface area is 261 Å². The molecule has 6 heterocycles. The first-order valence-corrected chi connectivity index (χ1v) is 16.3. The molecule has 44 heavy (non-hydrogen) atoms. The van der Waals surface area contributed by atoms with E-state index in [9.17, 15) is 9.47 Å². The molecule has 3 atom stereocenters. The Kier molecular flexibility index (Phi) is 10.4. The normalized spacial score (nSPS) is 23.2. The number of allylic oxidation sites excluding steroid dienone is 3. The van der Waals surface area contributed by atoms with Crippen LogP contribution in [0.5, 0.6) is 5.75 Å². The van der Waals surface area contributed by atoms with Crippen molar-refractivity contribution in [3.05, 3.63) is 66.1 Å². The number of hydrogen-bond donors (Lipinski definition) is 2. The molecule has 12 heteroatoms. The first-order valence-electron chi connectivity index (χ1n) is 15.0. The van der Waals surface area contributed by atoms with Crippen LogP contribution in [0.1, 0.15) is 38.3 Å². The zero-order valence-electron chi connectivity index (χ0n) is 25.4. The summed E-state index contributed by atoms with van der Waals surface area (Å²) in [6.07, 6.45) is 12.4. The molecule has 3 unspecified atom stereocenters. The van der Waals surface area contributed by atoms with Gasteiger partial charge in [0.05, 0.1) is 31.2 Å². The predicted molar refractivity (Wildman–Crippen MR) is 172 cm³/mol. The molecule has 0 amide bonds. The summed E-state index contributed by atoms with van der Waals surface area (Å²) in [6, 6.07) is 9.06. The zero-order chi connectivity index (χ0) is 31.1. The highest BCUT2D eigenvalue weighted by Crippen LogP contribution is 2.36. The summed E-state index contributed by atoms with van der Waals surface area (Å²) in [7, 11) is 0.514. The SMILES string of the molecule is CO/C(N)=C/C=C(\C)CN1C2CC1CN(c1ccc(-c3cc(OCCC4CCN=[S-](=O)CC4)cnc3C(C#N)=CN)cn1)C2. The molecule has 11 nitrogen and oxygen atoms in total. The molecule has 0 radical (unpaired) electrons. The largest absolute Gasteiger partial charge is 0.492 e. The van der Waals surface area contributed by atoms with Gasteiger partial charge in [0.25, 0.3) is 0 Å². The second kappa shape index (κ2) is 14.6. The van der Waals surface area contributed by atoms with E-state index in [1.54, 1.807) is 19.4 Å². The molecule has 234 valence electrons. The molecular weight excluding hydrogens is 576 g/mol. The number of fused-ring (bicyclic) bond motifs is 2. The van der Waals surface area contributed by atoms with Crippen LogP contribution in [-0.2, 0) is 19.5 Å². The van der Waals surface area contributed by atoms with Crippen LogP contribution in [0, 0.1) is 17.2 Å². The summed E-state index contributed by atoms with van der Waals surface area (Å²) in [5.41, 5.74) is 15.1. The van der Waals surface area contributed by atoms with E-state index in [1.165, 1.54) is 18.2 Å². The number of nitriles is 1. The molecule has 3 saturated heterocycles. The van der Waals surface area contributed by atoms with E-state index in [0.29, 0.717) is 54.2 Å². The minimum atomic E-state index is -1.05. The summed E-state index contributed by atoms with van der Waals surface area (Å²) in [4.78, 5) is 14.3. The van der Waals surface area contributed by atoms with Gasteiger partial charge in [0.1, 0.15) is 17.6 Å². The fourth-order valence-electron chi connectivity index (χ4n) is 6.07. The van der Waals surface area contributed by atoms with Crippen molar-refractivity contribution in [3.63, 3.8) is 0 Å². The van der Waals surface area contributed by atoms with Gasteiger partial charge in [0, 0.05) is 61.8 Å². The first kappa shape index (κ1) is 31.3. The van der Waals surface area contributed by atoms with E-state index >= 15 is 0 Å². The van der Waals surface area contributed by atoms with Crippen LogP contribution in [0.15, 0.2) is 64.8 Å². The Hall–Kier alpha value is -4.08. The summed E-state index contributed by atoms with van der Waals surface area (Å²) < 4.78 is 27.0. The summed E-state index contributed by atoms with van der Waals surface area (Å²) in [5.74, 6) is 3.00. The van der Waals surface area contributed by atoms with E-state index in [2.05, 4.69) is 32.1 Å². The van der Waals surface area contributed by atoms with E-state index < -0.39 is 10.6 Å². The fraction of sp³-hybridized carbons (Fsp3) is 0.469. The maximum absolute atomic E-state index is 11.7. The summed E-state index contributed by atoms with van der Waals surface area (Å²) in [5, 5.41) is 9.69. The molecule has 4 N–H and O–H groups in total. The number of hydrogen-bond acceptors (Lipinski definition) is 12. The quantitative estimate of drug-likeness (QED) is 0.164. The Bertz CT molecular complexity index is 1530. The lowest BCUT2D eigenvalue weighted by atomic mass is 9.86. The molecule has 0 aromatic carbocycles. The van der Waals surface area contributed by atoms with Crippen molar-refractivity contribution >= 4 is 22.0 Å². The minimum absolute atomic E-state index is 0.284. The predicted octanol–water partition coefficient (Wildman–Crippen LogP) is 3.95. The zero-order valence-corrected chi connectivity index (χ0v) is 26.2. The Morgan fingerprint density at radius 2 is 2.02 bits per heavy atom. The van der Waals surface area contributed by atoms with Crippen LogP contribution in [0.3, 0.4) is 0 Å². The van der Waals surface area contributed by atoms with Crippen molar-refractivity contribution in [1.82, 2.24) is 14.9 Å². The van der Waals surface area contributed by atoms with Crippen LogP contribution < -0.4 is 21.1 Å². The third kappa shape index (κ3) is 7.52. The van der Waals surface area contributed by atoms with Crippen molar-refractivity contribution in [2.45, 2.75) is 44.7 Å². The van der Waals surface area contributed by atoms with Gasteiger partial charge >= 0.3 is 0 Å².